The number of hydrogen-bond acceptors (Lipinski definition) is 5. The molecule has 0 radical (unpaired) electrons. The zero-order valence-corrected chi connectivity index (χ0v) is 11.5. The second-order valence-electron chi connectivity index (χ2n) is 3.46. The van der Waals surface area contributed by atoms with Gasteiger partial charge in [0, 0.05) is 4.47 Å². The van der Waals surface area contributed by atoms with E-state index >= 15 is 0 Å². The molecule has 1 aromatic carbocycles. The minimum atomic E-state index is -0.548. The number of nitrogens with two attached hydrogens (primary N) is 2. The Hall–Kier alpha value is -1.54. The number of anilines is 1. The van der Waals surface area contributed by atoms with E-state index in [9.17, 15) is 4.79 Å². The van der Waals surface area contributed by atoms with Crippen LogP contribution in [0, 0.1) is 0 Å². The third-order valence-electron chi connectivity index (χ3n) is 2.14. The number of nitrogens with zero attached hydrogens (tertiary/aromatic N) is 2. The van der Waals surface area contributed by atoms with Crippen molar-refractivity contribution in [3.8, 4) is 0 Å². The van der Waals surface area contributed by atoms with Crippen molar-refractivity contribution in [2.24, 2.45) is 5.73 Å². The lowest BCUT2D eigenvalue weighted by molar-refractivity contribution is -0.117. The van der Waals surface area contributed by atoms with Gasteiger partial charge in [-0.1, -0.05) is 39.8 Å². The molecule has 5 N–H and O–H groups in total. The number of carbonyl (C=O) groups is 1. The van der Waals surface area contributed by atoms with Crippen molar-refractivity contribution in [2.45, 2.75) is 10.4 Å². The Morgan fingerprint density at radius 1 is 1.39 bits per heavy atom. The van der Waals surface area contributed by atoms with Gasteiger partial charge in [0.05, 0.1) is 0 Å². The first kappa shape index (κ1) is 12.9. The molecule has 18 heavy (non-hydrogen) atoms. The van der Waals surface area contributed by atoms with Crippen LogP contribution >= 0.6 is 27.7 Å². The van der Waals surface area contributed by atoms with Gasteiger partial charge >= 0.3 is 0 Å². The highest BCUT2D eigenvalue weighted by atomic mass is 79.9. The van der Waals surface area contributed by atoms with Gasteiger partial charge in [-0.15, -0.1) is 5.10 Å². The van der Waals surface area contributed by atoms with Gasteiger partial charge in [-0.25, -0.2) is 5.10 Å². The number of hydrogen-bond donors (Lipinski definition) is 3. The number of amides is 1. The maximum atomic E-state index is 11.5. The van der Waals surface area contributed by atoms with Gasteiger partial charge in [0.2, 0.25) is 17.0 Å². The van der Waals surface area contributed by atoms with E-state index in [-0.39, 0.29) is 5.95 Å². The number of nitrogens with one attached hydrogen (secondary N) is 1. The first-order valence-corrected chi connectivity index (χ1v) is 6.63. The Kier molecular flexibility index (Phi) is 3.87. The molecule has 0 aliphatic rings. The standard InChI is InChI=1S/C10H10BrN5OS/c11-6-3-1-5(2-4-6)7(8(12)17)18-10-14-9(13)15-16-10/h1-4,7H,(H2,12,17)(H3,13,14,15,16)/t7-/m1/s1. The van der Waals surface area contributed by atoms with E-state index in [2.05, 4.69) is 31.1 Å². The number of H-pyrrole nitrogens is 1. The molecule has 0 saturated heterocycles. The van der Waals surface area contributed by atoms with Gasteiger partial charge in [0.1, 0.15) is 5.25 Å². The average Bonchev–Trinajstić information content (AvgIpc) is 2.73. The Morgan fingerprint density at radius 3 is 2.56 bits per heavy atom. The number of aromatic amines is 1. The van der Waals surface area contributed by atoms with Gasteiger partial charge in [-0.3, -0.25) is 4.79 Å². The maximum Gasteiger partial charge on any atom is 0.235 e. The summed E-state index contributed by atoms with van der Waals surface area (Å²) in [5.74, 6) is -0.248. The van der Waals surface area contributed by atoms with Crippen LogP contribution in [-0.2, 0) is 4.79 Å². The fourth-order valence-electron chi connectivity index (χ4n) is 1.34. The summed E-state index contributed by atoms with van der Waals surface area (Å²) in [5, 5.41) is 6.22. The van der Waals surface area contributed by atoms with Crippen LogP contribution in [-0.4, -0.2) is 21.1 Å². The van der Waals surface area contributed by atoms with Gasteiger partial charge in [-0.05, 0) is 17.7 Å². The van der Waals surface area contributed by atoms with Gasteiger partial charge < -0.3 is 11.5 Å². The average molecular weight is 328 g/mol. The van der Waals surface area contributed by atoms with E-state index in [0.29, 0.717) is 5.16 Å². The molecule has 6 nitrogen and oxygen atoms in total. The van der Waals surface area contributed by atoms with Gasteiger partial charge in [-0.2, -0.15) is 4.98 Å². The monoisotopic (exact) mass is 327 g/mol. The maximum absolute atomic E-state index is 11.5. The lowest BCUT2D eigenvalue weighted by Crippen LogP contribution is -2.19. The second kappa shape index (κ2) is 5.40. The van der Waals surface area contributed by atoms with Gasteiger partial charge in [0.15, 0.2) is 0 Å². The molecule has 94 valence electrons. The van der Waals surface area contributed by atoms with Crippen LogP contribution in [0.5, 0.6) is 0 Å². The highest BCUT2D eigenvalue weighted by Gasteiger charge is 2.21. The highest BCUT2D eigenvalue weighted by Crippen LogP contribution is 2.33. The summed E-state index contributed by atoms with van der Waals surface area (Å²) >= 11 is 4.49. The molecular formula is C10H10BrN5OS. The van der Waals surface area contributed by atoms with Crippen molar-refractivity contribution >= 4 is 39.5 Å². The number of rotatable bonds is 4. The first-order chi connectivity index (χ1) is 8.56. The highest BCUT2D eigenvalue weighted by molar-refractivity contribution is 9.10. The normalized spacial score (nSPS) is 12.3. The summed E-state index contributed by atoms with van der Waals surface area (Å²) in [6.07, 6.45) is 0. The number of primary amides is 1. The molecule has 0 bridgehead atoms. The fraction of sp³-hybridized carbons (Fsp3) is 0.100. The first-order valence-electron chi connectivity index (χ1n) is 4.95. The van der Waals surface area contributed by atoms with E-state index in [1.807, 2.05) is 24.3 Å². The molecule has 8 heteroatoms. The zero-order chi connectivity index (χ0) is 13.1. The van der Waals surface area contributed by atoms with Crippen molar-refractivity contribution in [1.29, 1.82) is 0 Å². The SMILES string of the molecule is NC(=O)[C@H](Sc1n[nH]c(N)n1)c1ccc(Br)cc1. The van der Waals surface area contributed by atoms with Crippen LogP contribution in [0.15, 0.2) is 33.9 Å². The predicted octanol–water partition coefficient (Wildman–Crippen LogP) is 1.47. The van der Waals surface area contributed by atoms with E-state index in [4.69, 9.17) is 11.5 Å². The Balaban J connectivity index is 2.23. The molecule has 2 rings (SSSR count). The number of nitrogen functional groups attached to an aromatic ring is 1. The molecule has 1 aromatic heterocycles. The van der Waals surface area contributed by atoms with Crippen LogP contribution < -0.4 is 11.5 Å². The summed E-state index contributed by atoms with van der Waals surface area (Å²) in [7, 11) is 0. The Bertz CT molecular complexity index is 556. The lowest BCUT2D eigenvalue weighted by Gasteiger charge is -2.11. The van der Waals surface area contributed by atoms with Crippen LogP contribution in [0.3, 0.4) is 0 Å². The van der Waals surface area contributed by atoms with Crippen molar-refractivity contribution in [3.63, 3.8) is 0 Å². The zero-order valence-electron chi connectivity index (χ0n) is 9.13. The number of halogens is 1. The van der Waals surface area contributed by atoms with Crippen LogP contribution in [0.4, 0.5) is 5.95 Å². The largest absolute Gasteiger partial charge is 0.368 e. The van der Waals surface area contributed by atoms with Gasteiger partial charge in [0.25, 0.3) is 0 Å². The molecule has 0 unspecified atom stereocenters. The van der Waals surface area contributed by atoms with E-state index in [1.54, 1.807) is 0 Å². The molecule has 0 aliphatic heterocycles. The molecule has 1 heterocycles. The topological polar surface area (TPSA) is 111 Å². The Morgan fingerprint density at radius 2 is 2.06 bits per heavy atom. The van der Waals surface area contributed by atoms with E-state index in [1.165, 1.54) is 0 Å². The fourth-order valence-corrected chi connectivity index (χ4v) is 2.48. The lowest BCUT2D eigenvalue weighted by atomic mass is 10.1. The van der Waals surface area contributed by atoms with E-state index < -0.39 is 11.2 Å². The summed E-state index contributed by atoms with van der Waals surface area (Å²) in [4.78, 5) is 15.4. The molecular weight excluding hydrogens is 318 g/mol. The molecule has 1 amide bonds. The predicted molar refractivity (Wildman–Crippen MR) is 72.7 cm³/mol. The van der Waals surface area contributed by atoms with E-state index in [0.717, 1.165) is 21.8 Å². The Labute approximate surface area is 116 Å². The van der Waals surface area contributed by atoms with Crippen molar-refractivity contribution < 1.29 is 4.79 Å². The molecule has 0 aliphatic carbocycles. The number of thioether (sulfide) groups is 1. The number of benzene rings is 1. The molecule has 2 aromatic rings. The minimum absolute atomic E-state index is 0.205. The van der Waals surface area contributed by atoms with Crippen LogP contribution in [0.2, 0.25) is 0 Å². The number of aromatic nitrogens is 3. The van der Waals surface area contributed by atoms with Crippen molar-refractivity contribution in [2.75, 3.05) is 5.73 Å². The van der Waals surface area contributed by atoms with Crippen LogP contribution in [0.1, 0.15) is 10.8 Å². The van der Waals surface area contributed by atoms with Crippen molar-refractivity contribution in [1.82, 2.24) is 15.2 Å². The van der Waals surface area contributed by atoms with Crippen LogP contribution in [0.25, 0.3) is 0 Å². The third-order valence-corrected chi connectivity index (χ3v) is 3.80. The second-order valence-corrected chi connectivity index (χ2v) is 5.44. The molecule has 0 fully saturated rings. The summed E-state index contributed by atoms with van der Waals surface area (Å²) in [6, 6.07) is 7.33. The summed E-state index contributed by atoms with van der Waals surface area (Å²) in [6.45, 7) is 0. The molecule has 0 saturated carbocycles. The van der Waals surface area contributed by atoms with Crippen molar-refractivity contribution in [3.05, 3.63) is 34.3 Å². The smallest absolute Gasteiger partial charge is 0.235 e. The minimum Gasteiger partial charge on any atom is -0.368 e. The molecule has 0 spiro atoms. The quantitative estimate of drug-likeness (QED) is 0.736. The molecule has 1 atom stereocenters. The summed E-state index contributed by atoms with van der Waals surface area (Å²) in [5.41, 5.74) is 11.6. The number of carbonyl (C=O) groups excluding carboxylic acids is 1. The third kappa shape index (κ3) is 3.02. The summed E-state index contributed by atoms with van der Waals surface area (Å²) < 4.78 is 0.932.